The number of hydrogen-bond acceptors (Lipinski definition) is 6. The lowest BCUT2D eigenvalue weighted by Crippen LogP contribution is -2.25. The summed E-state index contributed by atoms with van der Waals surface area (Å²) in [7, 11) is 1.59. The van der Waals surface area contributed by atoms with Crippen LogP contribution in [0.3, 0.4) is 0 Å². The maximum Gasteiger partial charge on any atom is 0.344 e. The molecule has 1 aromatic heterocycles. The van der Waals surface area contributed by atoms with Crippen molar-refractivity contribution in [1.29, 1.82) is 0 Å². The maximum atomic E-state index is 13.4. The molecule has 6 heteroatoms. The van der Waals surface area contributed by atoms with Crippen LogP contribution in [0, 0.1) is 13.8 Å². The van der Waals surface area contributed by atoms with Crippen LogP contribution in [-0.4, -0.2) is 25.8 Å². The number of carbonyl (C=O) groups is 1. The van der Waals surface area contributed by atoms with Crippen molar-refractivity contribution in [1.82, 2.24) is 0 Å². The minimum atomic E-state index is -0.474. The van der Waals surface area contributed by atoms with E-state index in [0.29, 0.717) is 22.3 Å². The second-order valence-electron chi connectivity index (χ2n) is 8.31. The van der Waals surface area contributed by atoms with Gasteiger partial charge in [0.25, 0.3) is 0 Å². The van der Waals surface area contributed by atoms with E-state index in [9.17, 15) is 9.59 Å². The Morgan fingerprint density at radius 3 is 2.47 bits per heavy atom. The van der Waals surface area contributed by atoms with Crippen LogP contribution in [0.2, 0.25) is 0 Å². The number of hydrogen-bond donors (Lipinski definition) is 0. The highest BCUT2D eigenvalue weighted by atomic mass is 16.6. The minimum Gasteiger partial charge on any atom is -0.497 e. The Kier molecular flexibility index (Phi) is 6.49. The Hall–Kier alpha value is -3.28. The van der Waals surface area contributed by atoms with Gasteiger partial charge >= 0.3 is 5.97 Å². The van der Waals surface area contributed by atoms with Crippen LogP contribution >= 0.6 is 0 Å². The molecule has 0 aliphatic heterocycles. The van der Waals surface area contributed by atoms with Crippen LogP contribution in [0.4, 0.5) is 0 Å². The number of esters is 1. The van der Waals surface area contributed by atoms with Gasteiger partial charge in [-0.25, -0.2) is 4.79 Å². The highest BCUT2D eigenvalue weighted by Gasteiger charge is 2.22. The van der Waals surface area contributed by atoms with Crippen molar-refractivity contribution in [3.05, 3.63) is 57.7 Å². The average molecular weight is 437 g/mol. The van der Waals surface area contributed by atoms with Crippen molar-refractivity contribution in [2.24, 2.45) is 0 Å². The number of methoxy groups -OCH3 is 1. The van der Waals surface area contributed by atoms with Gasteiger partial charge in [-0.1, -0.05) is 12.5 Å². The lowest BCUT2D eigenvalue weighted by Gasteiger charge is -2.21. The second-order valence-corrected chi connectivity index (χ2v) is 8.31. The van der Waals surface area contributed by atoms with Crippen LogP contribution in [0.25, 0.3) is 22.3 Å². The van der Waals surface area contributed by atoms with Gasteiger partial charge in [0.15, 0.2) is 12.4 Å². The number of ether oxygens (including phenoxy) is 3. The number of fused-ring (bicyclic) bond motifs is 1. The molecule has 0 spiro atoms. The van der Waals surface area contributed by atoms with Gasteiger partial charge in [0.2, 0.25) is 11.2 Å². The molecule has 2 aromatic carbocycles. The number of rotatable bonds is 6. The van der Waals surface area contributed by atoms with Crippen molar-refractivity contribution in [2.75, 3.05) is 13.7 Å². The van der Waals surface area contributed by atoms with E-state index in [1.54, 1.807) is 31.4 Å². The predicted octanol–water partition coefficient (Wildman–Crippen LogP) is 5.34. The molecule has 0 saturated heterocycles. The monoisotopic (exact) mass is 436 g/mol. The molecule has 0 radical (unpaired) electrons. The van der Waals surface area contributed by atoms with Gasteiger partial charge in [0.1, 0.15) is 17.4 Å². The van der Waals surface area contributed by atoms with Crippen molar-refractivity contribution >= 4 is 16.9 Å². The lowest BCUT2D eigenvalue weighted by molar-refractivity contribution is -0.152. The molecule has 1 aliphatic carbocycles. The fraction of sp³-hybridized carbons (Fsp3) is 0.385. The van der Waals surface area contributed by atoms with Gasteiger partial charge in [-0.15, -0.1) is 0 Å². The minimum absolute atomic E-state index is 0.00946. The molecule has 1 aliphatic rings. The van der Waals surface area contributed by atoms with Gasteiger partial charge in [0, 0.05) is 5.56 Å². The molecular weight excluding hydrogens is 408 g/mol. The SMILES string of the molecule is COc1ccc(-c2oc3cc(C)cc(C)c3c(=O)c2OCC(=O)OC2CCCCC2)cc1. The lowest BCUT2D eigenvalue weighted by atomic mass is 9.98. The van der Waals surface area contributed by atoms with E-state index in [4.69, 9.17) is 18.6 Å². The van der Waals surface area contributed by atoms with E-state index in [2.05, 4.69) is 0 Å². The summed E-state index contributed by atoms with van der Waals surface area (Å²) in [6, 6.07) is 10.9. The second kappa shape index (κ2) is 9.47. The van der Waals surface area contributed by atoms with Gasteiger partial charge in [-0.3, -0.25) is 4.79 Å². The largest absolute Gasteiger partial charge is 0.497 e. The van der Waals surface area contributed by atoms with E-state index >= 15 is 0 Å². The Balaban J connectivity index is 1.70. The first-order valence-corrected chi connectivity index (χ1v) is 11.0. The van der Waals surface area contributed by atoms with Crippen LogP contribution in [0.5, 0.6) is 11.5 Å². The molecule has 0 unspecified atom stereocenters. The zero-order chi connectivity index (χ0) is 22.7. The predicted molar refractivity (Wildman–Crippen MR) is 122 cm³/mol. The third-order valence-electron chi connectivity index (χ3n) is 5.83. The van der Waals surface area contributed by atoms with E-state index in [-0.39, 0.29) is 29.6 Å². The van der Waals surface area contributed by atoms with Crippen LogP contribution < -0.4 is 14.9 Å². The highest BCUT2D eigenvalue weighted by molar-refractivity contribution is 5.85. The van der Waals surface area contributed by atoms with Crippen LogP contribution in [0.1, 0.15) is 43.2 Å². The fourth-order valence-electron chi connectivity index (χ4n) is 4.27. The molecule has 0 amide bonds. The maximum absolute atomic E-state index is 13.4. The fourth-order valence-corrected chi connectivity index (χ4v) is 4.27. The summed E-state index contributed by atoms with van der Waals surface area (Å²) in [5.41, 5.74) is 2.61. The summed E-state index contributed by atoms with van der Waals surface area (Å²) in [6.07, 6.45) is 4.98. The molecule has 0 bridgehead atoms. The molecule has 1 saturated carbocycles. The molecule has 32 heavy (non-hydrogen) atoms. The molecule has 1 fully saturated rings. The summed E-state index contributed by atoms with van der Waals surface area (Å²) >= 11 is 0. The first-order chi connectivity index (χ1) is 15.5. The van der Waals surface area contributed by atoms with E-state index in [1.165, 1.54) is 6.42 Å². The Morgan fingerprint density at radius 1 is 1.06 bits per heavy atom. The molecule has 168 valence electrons. The van der Waals surface area contributed by atoms with Gasteiger partial charge in [-0.05, 0) is 81.0 Å². The Bertz CT molecular complexity index is 1170. The normalized spacial score (nSPS) is 14.3. The van der Waals surface area contributed by atoms with Gasteiger partial charge in [-0.2, -0.15) is 0 Å². The summed E-state index contributed by atoms with van der Waals surface area (Å²) in [4.78, 5) is 25.8. The average Bonchev–Trinajstić information content (AvgIpc) is 2.78. The third kappa shape index (κ3) is 4.64. The standard InChI is InChI=1S/C26H28O6/c1-16-13-17(2)23-21(14-16)32-25(18-9-11-19(29-3)12-10-18)26(24(23)28)30-15-22(27)31-20-7-5-4-6-8-20/h9-14,20H,4-8,15H2,1-3H3. The first kappa shape index (κ1) is 21.9. The molecule has 6 nitrogen and oxygen atoms in total. The van der Waals surface area contributed by atoms with Gasteiger partial charge in [0.05, 0.1) is 12.5 Å². The number of aryl methyl sites for hydroxylation is 2. The number of benzene rings is 2. The van der Waals surface area contributed by atoms with Crippen molar-refractivity contribution < 1.29 is 23.4 Å². The van der Waals surface area contributed by atoms with Crippen LogP contribution in [0.15, 0.2) is 45.6 Å². The molecule has 0 atom stereocenters. The highest BCUT2D eigenvalue weighted by Crippen LogP contribution is 2.33. The van der Waals surface area contributed by atoms with Gasteiger partial charge < -0.3 is 18.6 Å². The Labute approximate surface area is 187 Å². The summed E-state index contributed by atoms with van der Waals surface area (Å²) in [5, 5.41) is 0.448. The molecular formula is C26H28O6. The zero-order valence-corrected chi connectivity index (χ0v) is 18.7. The van der Waals surface area contributed by atoms with E-state index in [0.717, 1.165) is 36.8 Å². The molecule has 1 heterocycles. The quantitative estimate of drug-likeness (QED) is 0.486. The van der Waals surface area contributed by atoms with Crippen molar-refractivity contribution in [3.63, 3.8) is 0 Å². The Morgan fingerprint density at radius 2 is 1.78 bits per heavy atom. The third-order valence-corrected chi connectivity index (χ3v) is 5.83. The topological polar surface area (TPSA) is 75.0 Å². The first-order valence-electron chi connectivity index (χ1n) is 11.0. The summed E-state index contributed by atoms with van der Waals surface area (Å²) in [6.45, 7) is 3.46. The molecule has 0 N–H and O–H groups in total. The van der Waals surface area contributed by atoms with E-state index in [1.807, 2.05) is 26.0 Å². The van der Waals surface area contributed by atoms with Crippen LogP contribution in [-0.2, 0) is 9.53 Å². The molecule has 3 aromatic rings. The van der Waals surface area contributed by atoms with E-state index < -0.39 is 5.97 Å². The zero-order valence-electron chi connectivity index (χ0n) is 18.7. The summed E-state index contributed by atoms with van der Waals surface area (Å²) in [5.74, 6) is 0.496. The number of carbonyl (C=O) groups excluding carboxylic acids is 1. The summed E-state index contributed by atoms with van der Waals surface area (Å²) < 4.78 is 22.7. The molecule has 4 rings (SSSR count). The smallest absolute Gasteiger partial charge is 0.344 e. The van der Waals surface area contributed by atoms with Crippen molar-refractivity contribution in [2.45, 2.75) is 52.1 Å². The van der Waals surface area contributed by atoms with Crippen molar-refractivity contribution in [3.8, 4) is 22.8 Å².